The number of hydrogen-bond donors (Lipinski definition) is 1. The summed E-state index contributed by atoms with van der Waals surface area (Å²) in [6, 6.07) is 3.77. The molecule has 1 aromatic rings. The summed E-state index contributed by atoms with van der Waals surface area (Å²) >= 11 is 0. The lowest BCUT2D eigenvalue weighted by atomic mass is 9.79. The molecule has 0 atom stereocenters. The Morgan fingerprint density at radius 2 is 1.90 bits per heavy atom. The first-order chi connectivity index (χ1) is 9.77. The zero-order valence-corrected chi connectivity index (χ0v) is 13.3. The molecule has 5 nitrogen and oxygen atoms in total. The van der Waals surface area contributed by atoms with Crippen LogP contribution in [0, 0.1) is 0 Å². The molecule has 0 aromatic carbocycles. The minimum absolute atomic E-state index is 0.364. The summed E-state index contributed by atoms with van der Waals surface area (Å²) in [5.41, 5.74) is 7.40. The predicted octanol–water partition coefficient (Wildman–Crippen LogP) is 1.38. The highest BCUT2D eigenvalue weighted by Crippen LogP contribution is 2.36. The minimum atomic E-state index is -0.413. The molecule has 6 heteroatoms. The van der Waals surface area contributed by atoms with Gasteiger partial charge in [-0.2, -0.15) is 0 Å². The SMILES string of the molecule is CN=C/C=C(\N)c1cc(B2OC(C)(C)C(C)(C)O2)ccn1. The Balaban J connectivity index is 2.27. The fourth-order valence-electron chi connectivity index (χ4n) is 1.97. The third kappa shape index (κ3) is 3.17. The summed E-state index contributed by atoms with van der Waals surface area (Å²) in [5, 5.41) is 0. The molecule has 0 amide bonds. The highest BCUT2D eigenvalue weighted by Gasteiger charge is 2.51. The van der Waals surface area contributed by atoms with E-state index in [-0.39, 0.29) is 11.2 Å². The summed E-state index contributed by atoms with van der Waals surface area (Å²) in [4.78, 5) is 8.15. The molecule has 2 heterocycles. The maximum Gasteiger partial charge on any atom is 0.494 e. The molecular weight excluding hydrogens is 265 g/mol. The second-order valence-electron chi connectivity index (χ2n) is 6.09. The van der Waals surface area contributed by atoms with Crippen LogP contribution in [0.4, 0.5) is 0 Å². The number of pyridine rings is 1. The number of nitrogens with two attached hydrogens (primary N) is 1. The fourth-order valence-corrected chi connectivity index (χ4v) is 1.97. The van der Waals surface area contributed by atoms with Crippen LogP contribution in [0.2, 0.25) is 0 Å². The van der Waals surface area contributed by atoms with Gasteiger partial charge < -0.3 is 15.0 Å². The number of aliphatic imine (C=N–C) groups is 1. The highest BCUT2D eigenvalue weighted by molar-refractivity contribution is 6.62. The Labute approximate surface area is 126 Å². The summed E-state index contributed by atoms with van der Waals surface area (Å²) in [6.07, 6.45) is 5.06. The lowest BCUT2D eigenvalue weighted by molar-refractivity contribution is 0.00578. The molecule has 1 fully saturated rings. The zero-order valence-electron chi connectivity index (χ0n) is 13.3. The molecule has 0 spiro atoms. The van der Waals surface area contributed by atoms with E-state index in [0.29, 0.717) is 11.4 Å². The first kappa shape index (κ1) is 15.7. The number of aromatic nitrogens is 1. The van der Waals surface area contributed by atoms with Crippen LogP contribution in [0.25, 0.3) is 5.70 Å². The molecule has 2 N–H and O–H groups in total. The van der Waals surface area contributed by atoms with E-state index in [9.17, 15) is 0 Å². The van der Waals surface area contributed by atoms with Crippen LogP contribution in [0.3, 0.4) is 0 Å². The topological polar surface area (TPSA) is 69.7 Å². The van der Waals surface area contributed by atoms with E-state index in [1.54, 1.807) is 25.5 Å². The molecule has 21 heavy (non-hydrogen) atoms. The molecule has 1 aliphatic rings. The van der Waals surface area contributed by atoms with Gasteiger partial charge in [0, 0.05) is 19.5 Å². The van der Waals surface area contributed by atoms with Crippen molar-refractivity contribution in [3.8, 4) is 0 Å². The van der Waals surface area contributed by atoms with Crippen LogP contribution in [-0.2, 0) is 9.31 Å². The maximum absolute atomic E-state index is 6.03. The van der Waals surface area contributed by atoms with Crippen LogP contribution in [-0.4, -0.2) is 36.6 Å². The second-order valence-corrected chi connectivity index (χ2v) is 6.09. The van der Waals surface area contributed by atoms with Gasteiger partial charge in [0.1, 0.15) is 0 Å². The van der Waals surface area contributed by atoms with Crippen molar-refractivity contribution >= 4 is 24.5 Å². The zero-order chi connectivity index (χ0) is 15.7. The lowest BCUT2D eigenvalue weighted by Crippen LogP contribution is -2.41. The Bertz CT molecular complexity index is 566. The second kappa shape index (κ2) is 5.62. The molecule has 0 radical (unpaired) electrons. The molecule has 2 rings (SSSR count). The van der Waals surface area contributed by atoms with Crippen molar-refractivity contribution < 1.29 is 9.31 Å². The van der Waals surface area contributed by atoms with E-state index in [4.69, 9.17) is 15.0 Å². The van der Waals surface area contributed by atoms with Crippen LogP contribution < -0.4 is 11.2 Å². The van der Waals surface area contributed by atoms with Gasteiger partial charge in [-0.05, 0) is 51.4 Å². The van der Waals surface area contributed by atoms with Crippen molar-refractivity contribution in [3.63, 3.8) is 0 Å². The van der Waals surface area contributed by atoms with Crippen molar-refractivity contribution in [2.45, 2.75) is 38.9 Å². The quantitative estimate of drug-likeness (QED) is 0.673. The van der Waals surface area contributed by atoms with Gasteiger partial charge in [-0.25, -0.2) is 0 Å². The molecule has 1 saturated heterocycles. The third-order valence-corrected chi connectivity index (χ3v) is 4.01. The fraction of sp³-hybridized carbons (Fsp3) is 0.467. The van der Waals surface area contributed by atoms with Crippen molar-refractivity contribution in [3.05, 3.63) is 30.1 Å². The number of hydrogen-bond acceptors (Lipinski definition) is 5. The van der Waals surface area contributed by atoms with Gasteiger partial charge in [0.15, 0.2) is 0 Å². The number of nitrogens with zero attached hydrogens (tertiary/aromatic N) is 2. The van der Waals surface area contributed by atoms with E-state index in [0.717, 1.165) is 5.46 Å². The molecule has 0 bridgehead atoms. The average molecular weight is 287 g/mol. The van der Waals surface area contributed by atoms with Crippen LogP contribution in [0.1, 0.15) is 33.4 Å². The highest BCUT2D eigenvalue weighted by atomic mass is 16.7. The standard InChI is InChI=1S/C15H22BN3O2/c1-14(2)15(3,4)21-16(20-14)11-6-9-19-13(10-11)12(17)7-8-18-5/h6-10H,17H2,1-5H3/b12-7-,18-8?. The van der Waals surface area contributed by atoms with Crippen molar-refractivity contribution in [1.82, 2.24) is 4.98 Å². The lowest BCUT2D eigenvalue weighted by Gasteiger charge is -2.32. The van der Waals surface area contributed by atoms with Crippen LogP contribution >= 0.6 is 0 Å². The summed E-state index contributed by atoms with van der Waals surface area (Å²) in [5.74, 6) is 0. The normalized spacial score (nSPS) is 21.2. The Kier molecular flexibility index (Phi) is 4.21. The van der Waals surface area contributed by atoms with Crippen molar-refractivity contribution in [1.29, 1.82) is 0 Å². The Morgan fingerprint density at radius 3 is 2.48 bits per heavy atom. The van der Waals surface area contributed by atoms with Crippen molar-refractivity contribution in [2.24, 2.45) is 10.7 Å². The molecule has 1 aliphatic heterocycles. The number of allylic oxidation sites excluding steroid dienone is 1. The van der Waals surface area contributed by atoms with E-state index in [1.165, 1.54) is 0 Å². The minimum Gasteiger partial charge on any atom is -0.399 e. The van der Waals surface area contributed by atoms with E-state index < -0.39 is 7.12 Å². The molecule has 0 aliphatic carbocycles. The molecule has 0 unspecified atom stereocenters. The van der Waals surface area contributed by atoms with Crippen LogP contribution in [0.5, 0.6) is 0 Å². The average Bonchev–Trinajstić information content (AvgIpc) is 2.65. The van der Waals surface area contributed by atoms with Gasteiger partial charge in [-0.15, -0.1) is 0 Å². The smallest absolute Gasteiger partial charge is 0.399 e. The largest absolute Gasteiger partial charge is 0.494 e. The Hall–Kier alpha value is -1.66. The first-order valence-corrected chi connectivity index (χ1v) is 6.97. The first-order valence-electron chi connectivity index (χ1n) is 6.97. The summed E-state index contributed by atoms with van der Waals surface area (Å²) in [7, 11) is 1.28. The Morgan fingerprint density at radius 1 is 1.29 bits per heavy atom. The molecular formula is C15H22BN3O2. The predicted molar refractivity (Wildman–Crippen MR) is 86.5 cm³/mol. The van der Waals surface area contributed by atoms with Gasteiger partial charge in [0.2, 0.25) is 0 Å². The number of rotatable bonds is 3. The van der Waals surface area contributed by atoms with Gasteiger partial charge in [0.25, 0.3) is 0 Å². The molecule has 1 aromatic heterocycles. The van der Waals surface area contributed by atoms with E-state index in [1.807, 2.05) is 39.8 Å². The van der Waals surface area contributed by atoms with Gasteiger partial charge in [0.05, 0.1) is 22.6 Å². The van der Waals surface area contributed by atoms with Crippen molar-refractivity contribution in [2.75, 3.05) is 7.05 Å². The maximum atomic E-state index is 6.03. The summed E-state index contributed by atoms with van der Waals surface area (Å²) in [6.45, 7) is 8.12. The van der Waals surface area contributed by atoms with E-state index >= 15 is 0 Å². The van der Waals surface area contributed by atoms with Crippen LogP contribution in [0.15, 0.2) is 29.4 Å². The van der Waals surface area contributed by atoms with E-state index in [2.05, 4.69) is 9.98 Å². The molecule has 0 saturated carbocycles. The summed E-state index contributed by atoms with van der Waals surface area (Å²) < 4.78 is 12.1. The third-order valence-electron chi connectivity index (χ3n) is 4.01. The van der Waals surface area contributed by atoms with Gasteiger partial charge >= 0.3 is 7.12 Å². The monoisotopic (exact) mass is 287 g/mol. The van der Waals surface area contributed by atoms with Gasteiger partial charge in [-0.3, -0.25) is 9.98 Å². The molecule has 112 valence electrons. The van der Waals surface area contributed by atoms with Gasteiger partial charge in [-0.1, -0.05) is 0 Å².